The second kappa shape index (κ2) is 13.6. The Hall–Kier alpha value is -0.790. The first kappa shape index (κ1) is 18.2. The van der Waals surface area contributed by atoms with E-state index in [-0.39, 0.29) is 12.1 Å². The van der Waals surface area contributed by atoms with E-state index < -0.39 is 0 Å². The molecule has 0 saturated heterocycles. The van der Waals surface area contributed by atoms with Gasteiger partial charge in [0.15, 0.2) is 0 Å². The Morgan fingerprint density at radius 1 is 1.00 bits per heavy atom. The van der Waals surface area contributed by atoms with Crippen LogP contribution >= 0.6 is 0 Å². The molecule has 0 radical (unpaired) electrons. The second-order valence-corrected chi connectivity index (χ2v) is 5.25. The van der Waals surface area contributed by atoms with Gasteiger partial charge in [-0.25, -0.2) is 0 Å². The molecule has 0 aromatic heterocycles. The Balaban J connectivity index is 3.29. The molecule has 0 rings (SSSR count). The Morgan fingerprint density at radius 3 is 2.00 bits per heavy atom. The van der Waals surface area contributed by atoms with Crippen molar-refractivity contribution in [2.45, 2.75) is 90.6 Å². The molecule has 0 bridgehead atoms. The van der Waals surface area contributed by atoms with E-state index in [9.17, 15) is 4.79 Å². The topological polar surface area (TPSA) is 26.3 Å². The lowest BCUT2D eigenvalue weighted by Crippen LogP contribution is -2.14. The molecule has 0 aromatic rings. The first-order valence-corrected chi connectivity index (χ1v) is 8.06. The van der Waals surface area contributed by atoms with E-state index in [1.165, 1.54) is 44.9 Å². The average molecular weight is 268 g/mol. The van der Waals surface area contributed by atoms with Crippen molar-refractivity contribution in [1.29, 1.82) is 0 Å². The van der Waals surface area contributed by atoms with Crippen molar-refractivity contribution < 1.29 is 9.53 Å². The Bertz CT molecular complexity index is 223. The molecule has 0 heterocycles. The van der Waals surface area contributed by atoms with Crippen LogP contribution in [0.25, 0.3) is 0 Å². The summed E-state index contributed by atoms with van der Waals surface area (Å²) in [7, 11) is 0. The minimum atomic E-state index is -0.105. The summed E-state index contributed by atoms with van der Waals surface area (Å²) in [5.41, 5.74) is 0. The van der Waals surface area contributed by atoms with Gasteiger partial charge in [0.2, 0.25) is 0 Å². The highest BCUT2D eigenvalue weighted by atomic mass is 16.5. The van der Waals surface area contributed by atoms with Crippen molar-refractivity contribution in [3.63, 3.8) is 0 Å². The molecule has 0 N–H and O–H groups in total. The zero-order chi connectivity index (χ0) is 14.3. The number of ether oxygens (including phenoxy) is 1. The number of rotatable bonds is 13. The smallest absolute Gasteiger partial charge is 0.306 e. The number of hydrogen-bond acceptors (Lipinski definition) is 2. The van der Waals surface area contributed by atoms with Gasteiger partial charge in [0.1, 0.15) is 6.10 Å². The molecule has 1 atom stereocenters. The van der Waals surface area contributed by atoms with E-state index in [4.69, 9.17) is 4.74 Å². The number of carbonyl (C=O) groups excluding carboxylic acids is 1. The van der Waals surface area contributed by atoms with Gasteiger partial charge in [-0.15, -0.1) is 0 Å². The molecule has 0 saturated carbocycles. The van der Waals surface area contributed by atoms with Gasteiger partial charge < -0.3 is 4.74 Å². The molecule has 0 aliphatic carbocycles. The van der Waals surface area contributed by atoms with Gasteiger partial charge in [0, 0.05) is 6.42 Å². The van der Waals surface area contributed by atoms with Crippen molar-refractivity contribution in [2.24, 2.45) is 0 Å². The van der Waals surface area contributed by atoms with Gasteiger partial charge in [0.05, 0.1) is 0 Å². The van der Waals surface area contributed by atoms with Gasteiger partial charge in [0.25, 0.3) is 0 Å². The molecule has 19 heavy (non-hydrogen) atoms. The minimum absolute atomic E-state index is 0.0744. The van der Waals surface area contributed by atoms with Crippen LogP contribution in [0.5, 0.6) is 0 Å². The molecule has 0 aromatic carbocycles. The fourth-order valence-corrected chi connectivity index (χ4v) is 2.11. The number of unbranched alkanes of at least 4 members (excludes halogenated alkanes) is 8. The Kier molecular flexibility index (Phi) is 13.1. The highest BCUT2D eigenvalue weighted by Gasteiger charge is 2.08. The van der Waals surface area contributed by atoms with Gasteiger partial charge in [-0.05, 0) is 12.8 Å². The predicted octanol–water partition coefficient (Wildman–Crippen LogP) is 5.42. The van der Waals surface area contributed by atoms with Crippen LogP contribution in [0.4, 0.5) is 0 Å². The van der Waals surface area contributed by atoms with Crippen LogP contribution in [-0.2, 0) is 9.53 Å². The maximum Gasteiger partial charge on any atom is 0.306 e. The zero-order valence-electron chi connectivity index (χ0n) is 13.0. The minimum Gasteiger partial charge on any atom is -0.458 e. The zero-order valence-corrected chi connectivity index (χ0v) is 13.0. The normalized spacial score (nSPS) is 12.1. The van der Waals surface area contributed by atoms with Crippen LogP contribution in [-0.4, -0.2) is 12.1 Å². The summed E-state index contributed by atoms with van der Waals surface area (Å²) in [4.78, 5) is 11.5. The molecule has 0 aliphatic rings. The largest absolute Gasteiger partial charge is 0.458 e. The average Bonchev–Trinajstić information content (AvgIpc) is 2.43. The van der Waals surface area contributed by atoms with Crippen molar-refractivity contribution in [3.05, 3.63) is 12.7 Å². The van der Waals surface area contributed by atoms with Crippen LogP contribution < -0.4 is 0 Å². The summed E-state index contributed by atoms with van der Waals surface area (Å²) in [5.74, 6) is -0.0744. The van der Waals surface area contributed by atoms with E-state index in [0.717, 1.165) is 19.3 Å². The summed E-state index contributed by atoms with van der Waals surface area (Å²) in [6, 6.07) is 0. The monoisotopic (exact) mass is 268 g/mol. The molecular formula is C17H32O2. The third-order valence-electron chi connectivity index (χ3n) is 3.43. The highest BCUT2D eigenvalue weighted by molar-refractivity contribution is 5.69. The maximum atomic E-state index is 11.5. The quantitative estimate of drug-likeness (QED) is 0.253. The molecular weight excluding hydrogens is 236 g/mol. The highest BCUT2D eigenvalue weighted by Crippen LogP contribution is 2.11. The van der Waals surface area contributed by atoms with E-state index in [2.05, 4.69) is 13.5 Å². The Morgan fingerprint density at radius 2 is 1.53 bits per heavy atom. The molecule has 2 heteroatoms. The SMILES string of the molecule is C=CC(CC)OC(=O)CCCCCCCCCCC. The lowest BCUT2D eigenvalue weighted by molar-refractivity contribution is -0.147. The summed E-state index contributed by atoms with van der Waals surface area (Å²) < 4.78 is 5.26. The van der Waals surface area contributed by atoms with Crippen LogP contribution in [0.3, 0.4) is 0 Å². The van der Waals surface area contributed by atoms with Crippen molar-refractivity contribution in [1.82, 2.24) is 0 Å². The number of hydrogen-bond donors (Lipinski definition) is 0. The van der Waals surface area contributed by atoms with Gasteiger partial charge in [-0.3, -0.25) is 4.79 Å². The van der Waals surface area contributed by atoms with E-state index in [1.54, 1.807) is 6.08 Å². The summed E-state index contributed by atoms with van der Waals surface area (Å²) in [6.45, 7) is 7.90. The molecule has 1 unspecified atom stereocenters. The lowest BCUT2D eigenvalue weighted by Gasteiger charge is -2.11. The van der Waals surface area contributed by atoms with Gasteiger partial charge in [-0.2, -0.15) is 0 Å². The third-order valence-corrected chi connectivity index (χ3v) is 3.43. The second-order valence-electron chi connectivity index (χ2n) is 5.25. The fraction of sp³-hybridized carbons (Fsp3) is 0.824. The first-order valence-electron chi connectivity index (χ1n) is 8.06. The number of esters is 1. The lowest BCUT2D eigenvalue weighted by atomic mass is 10.1. The summed E-state index contributed by atoms with van der Waals surface area (Å²) in [6.07, 6.45) is 14.4. The summed E-state index contributed by atoms with van der Waals surface area (Å²) in [5, 5.41) is 0. The van der Waals surface area contributed by atoms with E-state index >= 15 is 0 Å². The molecule has 0 fully saturated rings. The third kappa shape index (κ3) is 12.0. The van der Waals surface area contributed by atoms with Crippen LogP contribution in [0.15, 0.2) is 12.7 Å². The Labute approximate surface area is 119 Å². The standard InChI is InChI=1S/C17H32O2/c1-4-7-8-9-10-11-12-13-14-15-17(18)19-16(5-2)6-3/h5,16H,2,4,6-15H2,1,3H3. The van der Waals surface area contributed by atoms with Crippen molar-refractivity contribution in [3.8, 4) is 0 Å². The van der Waals surface area contributed by atoms with Crippen LogP contribution in [0, 0.1) is 0 Å². The number of carbonyl (C=O) groups is 1. The van der Waals surface area contributed by atoms with Gasteiger partial charge >= 0.3 is 5.97 Å². The maximum absolute atomic E-state index is 11.5. The van der Waals surface area contributed by atoms with Gasteiger partial charge in [-0.1, -0.05) is 77.9 Å². The first-order chi connectivity index (χ1) is 9.24. The van der Waals surface area contributed by atoms with Crippen LogP contribution in [0.2, 0.25) is 0 Å². The fourth-order valence-electron chi connectivity index (χ4n) is 2.11. The van der Waals surface area contributed by atoms with Crippen LogP contribution in [0.1, 0.15) is 84.5 Å². The molecule has 0 amide bonds. The predicted molar refractivity (Wildman–Crippen MR) is 82.2 cm³/mol. The molecule has 2 nitrogen and oxygen atoms in total. The molecule has 0 aliphatic heterocycles. The van der Waals surface area contributed by atoms with E-state index in [0.29, 0.717) is 6.42 Å². The van der Waals surface area contributed by atoms with Crippen molar-refractivity contribution in [2.75, 3.05) is 0 Å². The molecule has 112 valence electrons. The molecule has 0 spiro atoms. The van der Waals surface area contributed by atoms with Crippen molar-refractivity contribution >= 4 is 5.97 Å². The summed E-state index contributed by atoms with van der Waals surface area (Å²) >= 11 is 0. The van der Waals surface area contributed by atoms with E-state index in [1.807, 2.05) is 6.92 Å².